The van der Waals surface area contributed by atoms with E-state index in [9.17, 15) is 0 Å². The normalized spacial score (nSPS) is 14.1. The fraction of sp³-hybridized carbons (Fsp3) is 0.833. The molecule has 0 aromatic carbocycles. The molecule has 0 N–H and O–H groups in total. The van der Waals surface area contributed by atoms with Gasteiger partial charge in [0.2, 0.25) is 0 Å². The lowest BCUT2D eigenvalue weighted by Crippen LogP contribution is -2.14. The van der Waals surface area contributed by atoms with Crippen molar-refractivity contribution < 1.29 is 0 Å². The Morgan fingerprint density at radius 2 is 1.81 bits per heavy atom. The highest BCUT2D eigenvalue weighted by molar-refractivity contribution is 9.08. The van der Waals surface area contributed by atoms with Crippen LogP contribution in [0.4, 0.5) is 0 Å². The van der Waals surface area contributed by atoms with Gasteiger partial charge in [-0.3, -0.25) is 0 Å². The molecule has 0 amide bonds. The van der Waals surface area contributed by atoms with E-state index < -0.39 is 0 Å². The van der Waals surface area contributed by atoms with Crippen molar-refractivity contribution in [2.75, 3.05) is 0 Å². The summed E-state index contributed by atoms with van der Waals surface area (Å²) in [5.41, 5.74) is 0.385. The topological polar surface area (TPSA) is 30.7 Å². The largest absolute Gasteiger partial charge is 0.317 e. The van der Waals surface area contributed by atoms with Crippen LogP contribution in [0.1, 0.15) is 45.8 Å². The first kappa shape index (κ1) is 13.7. The summed E-state index contributed by atoms with van der Waals surface area (Å²) in [7, 11) is 2.04. The molecule has 0 radical (unpaired) electrons. The summed E-state index contributed by atoms with van der Waals surface area (Å²) >= 11 is 3.41. The summed E-state index contributed by atoms with van der Waals surface area (Å²) in [5.74, 6) is 2.73. The average Bonchev–Trinajstić information content (AvgIpc) is 2.44. The van der Waals surface area contributed by atoms with E-state index in [1.165, 1.54) is 6.42 Å². The Kier molecular flexibility index (Phi) is 4.53. The lowest BCUT2D eigenvalue weighted by molar-refractivity contribution is 0.302. The van der Waals surface area contributed by atoms with E-state index in [2.05, 4.69) is 58.4 Å². The molecule has 1 aromatic heterocycles. The van der Waals surface area contributed by atoms with E-state index in [1.807, 2.05) is 7.05 Å². The standard InChI is InChI=1S/C12H22BrN3/c1-9(7-12(2,3)4)6-10-14-15-11(8-13)16(10)5/h9H,6-8H2,1-5H3. The van der Waals surface area contributed by atoms with Crippen molar-refractivity contribution >= 4 is 15.9 Å². The van der Waals surface area contributed by atoms with Gasteiger partial charge in [0.25, 0.3) is 0 Å². The first-order valence-corrected chi connectivity index (χ1v) is 6.88. The number of hydrogen-bond donors (Lipinski definition) is 0. The summed E-state index contributed by atoms with van der Waals surface area (Å²) in [5, 5.41) is 9.16. The van der Waals surface area contributed by atoms with Crippen LogP contribution in [0.3, 0.4) is 0 Å². The molecule has 0 aliphatic heterocycles. The van der Waals surface area contributed by atoms with Crippen LogP contribution in [0.2, 0.25) is 0 Å². The third-order valence-corrected chi connectivity index (χ3v) is 3.17. The Balaban J connectivity index is 2.63. The Labute approximate surface area is 107 Å². The summed E-state index contributed by atoms with van der Waals surface area (Å²) in [6, 6.07) is 0. The van der Waals surface area contributed by atoms with Gasteiger partial charge in [0, 0.05) is 13.5 Å². The van der Waals surface area contributed by atoms with Gasteiger partial charge in [0.1, 0.15) is 11.6 Å². The smallest absolute Gasteiger partial charge is 0.143 e. The SMILES string of the molecule is CC(Cc1nnc(CBr)n1C)CC(C)(C)C. The summed E-state index contributed by atoms with van der Waals surface area (Å²) in [4.78, 5) is 0. The van der Waals surface area contributed by atoms with Crippen LogP contribution in [-0.2, 0) is 18.8 Å². The van der Waals surface area contributed by atoms with Crippen LogP contribution in [0, 0.1) is 11.3 Å². The lowest BCUT2D eigenvalue weighted by Gasteiger charge is -2.22. The first-order valence-electron chi connectivity index (χ1n) is 5.76. The van der Waals surface area contributed by atoms with E-state index in [0.29, 0.717) is 11.3 Å². The maximum Gasteiger partial charge on any atom is 0.143 e. The zero-order chi connectivity index (χ0) is 12.3. The number of hydrogen-bond acceptors (Lipinski definition) is 2. The molecule has 1 rings (SSSR count). The second-order valence-corrected chi connectivity index (χ2v) is 6.36. The Hall–Kier alpha value is -0.380. The maximum atomic E-state index is 4.24. The predicted octanol–water partition coefficient (Wildman–Crippen LogP) is 3.32. The lowest BCUT2D eigenvalue weighted by atomic mass is 9.84. The van der Waals surface area contributed by atoms with Gasteiger partial charge in [0.05, 0.1) is 5.33 Å². The van der Waals surface area contributed by atoms with Gasteiger partial charge >= 0.3 is 0 Å². The van der Waals surface area contributed by atoms with E-state index in [0.717, 1.165) is 23.4 Å². The quantitative estimate of drug-likeness (QED) is 0.796. The summed E-state index contributed by atoms with van der Waals surface area (Å²) in [6.45, 7) is 9.13. The predicted molar refractivity (Wildman–Crippen MR) is 70.6 cm³/mol. The molecule has 1 heterocycles. The van der Waals surface area contributed by atoms with Crippen LogP contribution < -0.4 is 0 Å². The van der Waals surface area contributed by atoms with Crippen molar-refractivity contribution in [2.45, 2.75) is 45.9 Å². The Morgan fingerprint density at radius 3 is 2.25 bits per heavy atom. The van der Waals surface area contributed by atoms with Crippen molar-refractivity contribution in [2.24, 2.45) is 18.4 Å². The van der Waals surface area contributed by atoms with E-state index >= 15 is 0 Å². The first-order chi connectivity index (χ1) is 7.33. The highest BCUT2D eigenvalue weighted by Gasteiger charge is 2.18. The summed E-state index contributed by atoms with van der Waals surface area (Å²) in [6.07, 6.45) is 2.22. The summed E-state index contributed by atoms with van der Waals surface area (Å²) < 4.78 is 2.09. The highest BCUT2D eigenvalue weighted by Crippen LogP contribution is 2.26. The van der Waals surface area contributed by atoms with Crippen LogP contribution >= 0.6 is 15.9 Å². The number of alkyl halides is 1. The average molecular weight is 288 g/mol. The number of rotatable bonds is 4. The van der Waals surface area contributed by atoms with Crippen molar-refractivity contribution in [3.63, 3.8) is 0 Å². The zero-order valence-corrected chi connectivity index (χ0v) is 12.5. The molecule has 4 heteroatoms. The van der Waals surface area contributed by atoms with Crippen LogP contribution in [-0.4, -0.2) is 14.8 Å². The third-order valence-electron chi connectivity index (χ3n) is 2.67. The van der Waals surface area contributed by atoms with Gasteiger partial charge in [-0.05, 0) is 17.8 Å². The molecule has 0 bridgehead atoms. The molecule has 1 unspecified atom stereocenters. The van der Waals surface area contributed by atoms with E-state index in [1.54, 1.807) is 0 Å². The molecular formula is C12H22BrN3. The minimum absolute atomic E-state index is 0.385. The highest BCUT2D eigenvalue weighted by atomic mass is 79.9. The fourth-order valence-corrected chi connectivity index (χ4v) is 2.61. The number of nitrogens with zero attached hydrogens (tertiary/aromatic N) is 3. The molecule has 0 saturated heterocycles. The van der Waals surface area contributed by atoms with Crippen LogP contribution in [0.15, 0.2) is 0 Å². The molecule has 0 aliphatic carbocycles. The fourth-order valence-electron chi connectivity index (χ4n) is 2.12. The van der Waals surface area contributed by atoms with Crippen molar-refractivity contribution in [1.29, 1.82) is 0 Å². The molecule has 0 spiro atoms. The molecule has 1 aromatic rings. The second-order valence-electron chi connectivity index (χ2n) is 5.80. The zero-order valence-electron chi connectivity index (χ0n) is 10.9. The molecule has 0 fully saturated rings. The van der Waals surface area contributed by atoms with E-state index in [4.69, 9.17) is 0 Å². The van der Waals surface area contributed by atoms with Crippen molar-refractivity contribution in [1.82, 2.24) is 14.8 Å². The minimum atomic E-state index is 0.385. The van der Waals surface area contributed by atoms with Gasteiger partial charge in [-0.2, -0.15) is 0 Å². The third kappa shape index (κ3) is 3.89. The maximum absolute atomic E-state index is 4.24. The molecule has 0 aliphatic rings. The van der Waals surface area contributed by atoms with Gasteiger partial charge < -0.3 is 4.57 Å². The van der Waals surface area contributed by atoms with Crippen molar-refractivity contribution in [3.05, 3.63) is 11.6 Å². The molecular weight excluding hydrogens is 266 g/mol. The minimum Gasteiger partial charge on any atom is -0.317 e. The monoisotopic (exact) mass is 287 g/mol. The number of aromatic nitrogens is 3. The van der Waals surface area contributed by atoms with Crippen molar-refractivity contribution in [3.8, 4) is 0 Å². The molecule has 92 valence electrons. The van der Waals surface area contributed by atoms with Gasteiger partial charge in [-0.25, -0.2) is 0 Å². The molecule has 0 saturated carbocycles. The Bertz CT molecular complexity index is 339. The van der Waals surface area contributed by atoms with Gasteiger partial charge in [-0.15, -0.1) is 10.2 Å². The van der Waals surface area contributed by atoms with E-state index in [-0.39, 0.29) is 0 Å². The van der Waals surface area contributed by atoms with Crippen LogP contribution in [0.25, 0.3) is 0 Å². The molecule has 1 atom stereocenters. The van der Waals surface area contributed by atoms with Crippen LogP contribution in [0.5, 0.6) is 0 Å². The van der Waals surface area contributed by atoms with Gasteiger partial charge in [0.15, 0.2) is 0 Å². The molecule has 16 heavy (non-hydrogen) atoms. The number of halogens is 1. The molecule has 3 nitrogen and oxygen atoms in total. The Morgan fingerprint density at radius 1 is 1.25 bits per heavy atom. The van der Waals surface area contributed by atoms with Gasteiger partial charge in [-0.1, -0.05) is 43.6 Å². The second kappa shape index (κ2) is 5.30.